The van der Waals surface area contributed by atoms with Gasteiger partial charge in [-0.2, -0.15) is 0 Å². The zero-order valence-electron chi connectivity index (χ0n) is 12.3. The van der Waals surface area contributed by atoms with E-state index in [1.54, 1.807) is 0 Å². The number of fused-ring (bicyclic) bond motifs is 1. The van der Waals surface area contributed by atoms with E-state index >= 15 is 0 Å². The molecule has 0 atom stereocenters. The molecule has 108 valence electrons. The van der Waals surface area contributed by atoms with E-state index in [0.717, 1.165) is 23.1 Å². The summed E-state index contributed by atoms with van der Waals surface area (Å²) in [6, 6.07) is 9.67. The molecule has 3 rings (SSSR count). The van der Waals surface area contributed by atoms with Gasteiger partial charge in [0, 0.05) is 30.5 Å². The summed E-state index contributed by atoms with van der Waals surface area (Å²) in [6.07, 6.45) is 0.832. The smallest absolute Gasteiger partial charge is 0.205 e. The van der Waals surface area contributed by atoms with E-state index in [1.807, 2.05) is 51.1 Å². The number of aldehydes is 1. The lowest BCUT2D eigenvalue weighted by Gasteiger charge is -2.34. The Morgan fingerprint density at radius 2 is 1.95 bits per heavy atom. The summed E-state index contributed by atoms with van der Waals surface area (Å²) in [4.78, 5) is 16.2. The molecule has 0 unspecified atom stereocenters. The average Bonchev–Trinajstić information content (AvgIpc) is 2.48. The normalized spacial score (nSPS) is 16.0. The third-order valence-corrected chi connectivity index (χ3v) is 3.54. The van der Waals surface area contributed by atoms with Crippen LogP contribution in [0.15, 0.2) is 30.3 Å². The maximum atomic E-state index is 11.6. The van der Waals surface area contributed by atoms with Crippen LogP contribution < -0.4 is 4.74 Å². The SMILES string of the molecule is Cc1nc(-c2ccccc2)c(C=O)c2c1OC(C)(C)OC2. The summed E-state index contributed by atoms with van der Waals surface area (Å²) in [6.45, 7) is 5.93. The number of hydrogen-bond acceptors (Lipinski definition) is 4. The van der Waals surface area contributed by atoms with Crippen LogP contribution in [0, 0.1) is 6.92 Å². The Balaban J connectivity index is 2.22. The quantitative estimate of drug-likeness (QED) is 0.791. The van der Waals surface area contributed by atoms with Crippen LogP contribution >= 0.6 is 0 Å². The lowest BCUT2D eigenvalue weighted by Crippen LogP contribution is -2.36. The Labute approximate surface area is 123 Å². The molecule has 1 aliphatic rings. The molecule has 0 N–H and O–H groups in total. The molecule has 0 radical (unpaired) electrons. The standard InChI is InChI=1S/C17H17NO3/c1-11-16-14(10-20-17(2,3)21-16)13(9-19)15(18-11)12-7-5-4-6-8-12/h4-9H,10H2,1-3H3. The molecule has 0 amide bonds. The van der Waals surface area contributed by atoms with Crippen LogP contribution in [0.1, 0.15) is 35.5 Å². The first kappa shape index (κ1) is 13.8. The second-order valence-electron chi connectivity index (χ2n) is 5.54. The van der Waals surface area contributed by atoms with Gasteiger partial charge in [0.1, 0.15) is 0 Å². The molecular weight excluding hydrogens is 266 g/mol. The van der Waals surface area contributed by atoms with Crippen LogP contribution in [0.4, 0.5) is 0 Å². The van der Waals surface area contributed by atoms with Gasteiger partial charge in [0.15, 0.2) is 12.0 Å². The second-order valence-corrected chi connectivity index (χ2v) is 5.54. The maximum Gasteiger partial charge on any atom is 0.205 e. The van der Waals surface area contributed by atoms with Crippen LogP contribution in [0.2, 0.25) is 0 Å². The minimum absolute atomic E-state index is 0.347. The van der Waals surface area contributed by atoms with Crippen molar-refractivity contribution in [3.05, 3.63) is 47.2 Å². The highest BCUT2D eigenvalue weighted by molar-refractivity contribution is 5.89. The van der Waals surface area contributed by atoms with Gasteiger partial charge in [-0.25, -0.2) is 4.98 Å². The van der Waals surface area contributed by atoms with Gasteiger partial charge in [-0.05, 0) is 6.92 Å². The second kappa shape index (κ2) is 4.97. The first-order valence-corrected chi connectivity index (χ1v) is 6.89. The highest BCUT2D eigenvalue weighted by atomic mass is 16.7. The number of benzene rings is 1. The molecule has 2 heterocycles. The van der Waals surface area contributed by atoms with Crippen molar-refractivity contribution in [3.8, 4) is 17.0 Å². The summed E-state index contributed by atoms with van der Waals surface area (Å²) in [5, 5.41) is 0. The Bertz CT molecular complexity index is 693. The van der Waals surface area contributed by atoms with Gasteiger partial charge in [-0.3, -0.25) is 4.79 Å². The van der Waals surface area contributed by atoms with Crippen LogP contribution in [0.5, 0.6) is 5.75 Å². The first-order chi connectivity index (χ1) is 10.0. The van der Waals surface area contributed by atoms with Crippen molar-refractivity contribution in [2.45, 2.75) is 33.2 Å². The molecule has 0 spiro atoms. The monoisotopic (exact) mass is 283 g/mol. The Kier molecular flexibility index (Phi) is 3.26. The third-order valence-electron chi connectivity index (χ3n) is 3.54. The molecule has 2 aromatic rings. The van der Waals surface area contributed by atoms with E-state index in [1.165, 1.54) is 0 Å². The molecule has 0 bridgehead atoms. The molecule has 4 nitrogen and oxygen atoms in total. The van der Waals surface area contributed by atoms with Crippen molar-refractivity contribution in [2.24, 2.45) is 0 Å². The molecule has 1 aromatic carbocycles. The van der Waals surface area contributed by atoms with Crippen molar-refractivity contribution in [1.82, 2.24) is 4.98 Å². The van der Waals surface area contributed by atoms with Gasteiger partial charge >= 0.3 is 0 Å². The zero-order chi connectivity index (χ0) is 15.0. The van der Waals surface area contributed by atoms with Crippen molar-refractivity contribution in [2.75, 3.05) is 0 Å². The molecular formula is C17H17NO3. The lowest BCUT2D eigenvalue weighted by atomic mass is 9.99. The minimum atomic E-state index is -0.701. The van der Waals surface area contributed by atoms with Gasteiger partial charge in [0.2, 0.25) is 5.79 Å². The van der Waals surface area contributed by atoms with Gasteiger partial charge in [-0.1, -0.05) is 30.3 Å². The predicted octanol–water partition coefficient (Wildman–Crippen LogP) is 3.51. The molecule has 21 heavy (non-hydrogen) atoms. The zero-order valence-corrected chi connectivity index (χ0v) is 12.3. The van der Waals surface area contributed by atoms with Crippen LogP contribution in [-0.4, -0.2) is 17.1 Å². The number of pyridine rings is 1. The largest absolute Gasteiger partial charge is 0.461 e. The van der Waals surface area contributed by atoms with E-state index in [2.05, 4.69) is 4.98 Å². The average molecular weight is 283 g/mol. The molecule has 1 aliphatic heterocycles. The van der Waals surface area contributed by atoms with Crippen LogP contribution in [0.25, 0.3) is 11.3 Å². The molecule has 0 saturated heterocycles. The van der Waals surface area contributed by atoms with E-state index in [4.69, 9.17) is 9.47 Å². The fraction of sp³-hybridized carbons (Fsp3) is 0.294. The fourth-order valence-electron chi connectivity index (χ4n) is 2.51. The highest BCUT2D eigenvalue weighted by Gasteiger charge is 2.32. The lowest BCUT2D eigenvalue weighted by molar-refractivity contribution is -0.180. The molecule has 1 aromatic heterocycles. The Hall–Kier alpha value is -2.20. The van der Waals surface area contributed by atoms with E-state index in [-0.39, 0.29) is 0 Å². The summed E-state index contributed by atoms with van der Waals surface area (Å²) in [5.74, 6) is -0.0403. The number of rotatable bonds is 2. The number of carbonyl (C=O) groups excluding carboxylic acids is 1. The minimum Gasteiger partial charge on any atom is -0.461 e. The molecule has 0 aliphatic carbocycles. The van der Waals surface area contributed by atoms with Crippen molar-refractivity contribution in [1.29, 1.82) is 0 Å². The molecule has 0 fully saturated rings. The van der Waals surface area contributed by atoms with Crippen molar-refractivity contribution < 1.29 is 14.3 Å². The van der Waals surface area contributed by atoms with Crippen molar-refractivity contribution >= 4 is 6.29 Å². The molecule has 4 heteroatoms. The predicted molar refractivity (Wildman–Crippen MR) is 79.3 cm³/mol. The number of aromatic nitrogens is 1. The summed E-state index contributed by atoms with van der Waals surface area (Å²) in [7, 11) is 0. The van der Waals surface area contributed by atoms with E-state index in [9.17, 15) is 4.79 Å². The van der Waals surface area contributed by atoms with Crippen LogP contribution in [0.3, 0.4) is 0 Å². The van der Waals surface area contributed by atoms with E-state index < -0.39 is 5.79 Å². The maximum absolute atomic E-state index is 11.6. The summed E-state index contributed by atoms with van der Waals surface area (Å²) >= 11 is 0. The number of hydrogen-bond donors (Lipinski definition) is 0. The molecule has 0 saturated carbocycles. The summed E-state index contributed by atoms with van der Waals surface area (Å²) in [5.41, 5.74) is 3.67. The topological polar surface area (TPSA) is 48.4 Å². The van der Waals surface area contributed by atoms with Crippen LogP contribution in [-0.2, 0) is 11.3 Å². The Morgan fingerprint density at radius 1 is 1.24 bits per heavy atom. The summed E-state index contributed by atoms with van der Waals surface area (Å²) < 4.78 is 11.5. The van der Waals surface area contributed by atoms with Gasteiger partial charge < -0.3 is 9.47 Å². The van der Waals surface area contributed by atoms with Gasteiger partial charge in [-0.15, -0.1) is 0 Å². The highest BCUT2D eigenvalue weighted by Crippen LogP contribution is 2.38. The number of ether oxygens (including phenoxy) is 2. The number of aryl methyl sites for hydroxylation is 1. The van der Waals surface area contributed by atoms with Gasteiger partial charge in [0.25, 0.3) is 0 Å². The number of carbonyl (C=O) groups is 1. The van der Waals surface area contributed by atoms with Gasteiger partial charge in [0.05, 0.1) is 18.0 Å². The fourth-order valence-corrected chi connectivity index (χ4v) is 2.51. The third kappa shape index (κ3) is 2.43. The number of nitrogens with zero attached hydrogens (tertiary/aromatic N) is 1. The first-order valence-electron chi connectivity index (χ1n) is 6.89. The Morgan fingerprint density at radius 3 is 2.62 bits per heavy atom. The van der Waals surface area contributed by atoms with E-state index in [0.29, 0.717) is 23.6 Å². The van der Waals surface area contributed by atoms with Crippen molar-refractivity contribution in [3.63, 3.8) is 0 Å².